The Bertz CT molecular complexity index is 665. The Kier molecular flexibility index (Phi) is 4.27. The molecule has 4 nitrogen and oxygen atoms in total. The molecule has 2 N–H and O–H groups in total. The number of benzene rings is 1. The summed E-state index contributed by atoms with van der Waals surface area (Å²) in [6, 6.07) is 7.00. The first-order valence-electron chi connectivity index (χ1n) is 5.61. The third-order valence-electron chi connectivity index (χ3n) is 2.42. The first kappa shape index (κ1) is 14.0. The van der Waals surface area contributed by atoms with Crippen LogP contribution in [0.5, 0.6) is 0 Å². The fourth-order valence-electron chi connectivity index (χ4n) is 1.47. The quantitative estimate of drug-likeness (QED) is 0.850. The van der Waals surface area contributed by atoms with Crippen molar-refractivity contribution in [1.82, 2.24) is 0 Å². The molecule has 2 rings (SSSR count). The lowest BCUT2D eigenvalue weighted by Gasteiger charge is -2.04. The Hall–Kier alpha value is -2.47. The van der Waals surface area contributed by atoms with E-state index in [1.807, 2.05) is 17.5 Å². The number of hydrogen-bond donors (Lipinski definition) is 2. The number of thiophene rings is 1. The number of halogens is 1. The first-order valence-corrected chi connectivity index (χ1v) is 6.49. The van der Waals surface area contributed by atoms with Crippen LogP contribution in [0.15, 0.2) is 41.8 Å². The molecule has 6 heteroatoms. The zero-order chi connectivity index (χ0) is 14.5. The molecule has 0 saturated heterocycles. The van der Waals surface area contributed by atoms with Crippen LogP contribution in [-0.2, 0) is 4.79 Å². The smallest absolute Gasteiger partial charge is 0.335 e. The van der Waals surface area contributed by atoms with Gasteiger partial charge in [-0.2, -0.15) is 0 Å². The van der Waals surface area contributed by atoms with E-state index in [-0.39, 0.29) is 11.3 Å². The molecule has 0 aliphatic carbocycles. The summed E-state index contributed by atoms with van der Waals surface area (Å²) in [5.41, 5.74) is -0.231. The van der Waals surface area contributed by atoms with Crippen LogP contribution in [0.25, 0.3) is 6.08 Å². The second-order valence-electron chi connectivity index (χ2n) is 3.84. The molecular formula is C14H10FNO3S. The van der Waals surface area contributed by atoms with Gasteiger partial charge in [0.2, 0.25) is 5.91 Å². The third kappa shape index (κ3) is 3.52. The number of nitrogens with one attached hydrogen (secondary N) is 1. The number of carbonyl (C=O) groups is 2. The Morgan fingerprint density at radius 2 is 2.10 bits per heavy atom. The summed E-state index contributed by atoms with van der Waals surface area (Å²) in [5.74, 6) is -2.50. The molecule has 2 aromatic rings. The maximum atomic E-state index is 13.6. The van der Waals surface area contributed by atoms with E-state index in [4.69, 9.17) is 5.11 Å². The minimum Gasteiger partial charge on any atom is -0.478 e. The summed E-state index contributed by atoms with van der Waals surface area (Å²) < 4.78 is 13.6. The molecule has 0 aliphatic heterocycles. The summed E-state index contributed by atoms with van der Waals surface area (Å²) in [7, 11) is 0. The average Bonchev–Trinajstić information content (AvgIpc) is 2.91. The highest BCUT2D eigenvalue weighted by atomic mass is 32.1. The van der Waals surface area contributed by atoms with Crippen LogP contribution in [0.4, 0.5) is 10.1 Å². The van der Waals surface area contributed by atoms with Gasteiger partial charge >= 0.3 is 5.97 Å². The van der Waals surface area contributed by atoms with Crippen molar-refractivity contribution in [3.63, 3.8) is 0 Å². The second-order valence-corrected chi connectivity index (χ2v) is 4.82. The summed E-state index contributed by atoms with van der Waals surface area (Å²) in [5, 5.41) is 12.9. The van der Waals surface area contributed by atoms with Crippen molar-refractivity contribution in [2.45, 2.75) is 0 Å². The number of anilines is 1. The van der Waals surface area contributed by atoms with E-state index in [9.17, 15) is 14.0 Å². The van der Waals surface area contributed by atoms with E-state index in [2.05, 4.69) is 5.32 Å². The van der Waals surface area contributed by atoms with Gasteiger partial charge in [-0.05, 0) is 35.7 Å². The van der Waals surface area contributed by atoms with Gasteiger partial charge in [-0.3, -0.25) is 4.79 Å². The normalized spacial score (nSPS) is 10.7. The van der Waals surface area contributed by atoms with Crippen molar-refractivity contribution >= 4 is 35.0 Å². The zero-order valence-corrected chi connectivity index (χ0v) is 11.0. The minimum absolute atomic E-state index is 0.0594. The highest BCUT2D eigenvalue weighted by Crippen LogP contribution is 2.16. The molecule has 0 fully saturated rings. The highest BCUT2D eigenvalue weighted by Gasteiger charge is 2.09. The molecule has 102 valence electrons. The van der Waals surface area contributed by atoms with Gasteiger partial charge in [0, 0.05) is 11.0 Å². The molecule has 0 saturated carbocycles. The second kappa shape index (κ2) is 6.12. The van der Waals surface area contributed by atoms with E-state index >= 15 is 0 Å². The van der Waals surface area contributed by atoms with Crippen LogP contribution in [0.3, 0.4) is 0 Å². The van der Waals surface area contributed by atoms with Gasteiger partial charge in [-0.15, -0.1) is 11.3 Å². The molecule has 1 heterocycles. The minimum atomic E-state index is -1.22. The van der Waals surface area contributed by atoms with Gasteiger partial charge in [0.15, 0.2) is 0 Å². The monoisotopic (exact) mass is 291 g/mol. The van der Waals surface area contributed by atoms with Crippen molar-refractivity contribution in [1.29, 1.82) is 0 Å². The fraction of sp³-hybridized carbons (Fsp3) is 0. The van der Waals surface area contributed by atoms with E-state index in [0.717, 1.165) is 10.9 Å². The Balaban J connectivity index is 2.06. The lowest BCUT2D eigenvalue weighted by atomic mass is 10.2. The molecule has 1 aromatic carbocycles. The van der Waals surface area contributed by atoms with Crippen molar-refractivity contribution < 1.29 is 19.1 Å². The molecule has 0 unspecified atom stereocenters. The van der Waals surface area contributed by atoms with Crippen LogP contribution in [-0.4, -0.2) is 17.0 Å². The standard InChI is InChI=1S/C14H10FNO3S/c15-11-8-9(14(18)19)3-5-12(11)16-13(17)6-4-10-2-1-7-20-10/h1-8H,(H,16,17)(H,18,19). The van der Waals surface area contributed by atoms with Gasteiger partial charge in [0.25, 0.3) is 0 Å². The maximum absolute atomic E-state index is 13.6. The van der Waals surface area contributed by atoms with Crippen LogP contribution in [0.1, 0.15) is 15.2 Å². The van der Waals surface area contributed by atoms with Gasteiger partial charge < -0.3 is 10.4 Å². The van der Waals surface area contributed by atoms with Crippen LogP contribution < -0.4 is 5.32 Å². The van der Waals surface area contributed by atoms with E-state index < -0.39 is 17.7 Å². The molecule has 0 atom stereocenters. The van der Waals surface area contributed by atoms with Crippen molar-refractivity contribution in [3.05, 3.63) is 58.0 Å². The Morgan fingerprint density at radius 3 is 2.70 bits per heavy atom. The first-order chi connectivity index (χ1) is 9.56. The highest BCUT2D eigenvalue weighted by molar-refractivity contribution is 7.10. The van der Waals surface area contributed by atoms with Crippen molar-refractivity contribution in [2.24, 2.45) is 0 Å². The lowest BCUT2D eigenvalue weighted by molar-refractivity contribution is -0.111. The number of aromatic carboxylic acids is 1. The number of amides is 1. The number of carbonyl (C=O) groups excluding carboxylic acids is 1. The topological polar surface area (TPSA) is 66.4 Å². The molecule has 0 radical (unpaired) electrons. The molecule has 0 spiro atoms. The van der Waals surface area contributed by atoms with Crippen LogP contribution in [0, 0.1) is 5.82 Å². The van der Waals surface area contributed by atoms with Crippen molar-refractivity contribution in [3.8, 4) is 0 Å². The van der Waals surface area contributed by atoms with E-state index in [1.54, 1.807) is 6.08 Å². The summed E-state index contributed by atoms with van der Waals surface area (Å²) in [6.07, 6.45) is 2.90. The predicted octanol–water partition coefficient (Wildman–Crippen LogP) is 3.24. The summed E-state index contributed by atoms with van der Waals surface area (Å²) in [6.45, 7) is 0. The maximum Gasteiger partial charge on any atom is 0.335 e. The van der Waals surface area contributed by atoms with Gasteiger partial charge in [0.1, 0.15) is 5.82 Å². The van der Waals surface area contributed by atoms with E-state index in [1.165, 1.54) is 29.5 Å². The molecule has 20 heavy (non-hydrogen) atoms. The molecule has 0 aliphatic rings. The van der Waals surface area contributed by atoms with Gasteiger partial charge in [-0.25, -0.2) is 9.18 Å². The van der Waals surface area contributed by atoms with E-state index in [0.29, 0.717) is 0 Å². The van der Waals surface area contributed by atoms with Crippen LogP contribution in [0.2, 0.25) is 0 Å². The average molecular weight is 291 g/mol. The number of hydrogen-bond acceptors (Lipinski definition) is 3. The third-order valence-corrected chi connectivity index (χ3v) is 3.25. The summed E-state index contributed by atoms with van der Waals surface area (Å²) >= 11 is 1.47. The predicted molar refractivity (Wildman–Crippen MR) is 75.3 cm³/mol. The SMILES string of the molecule is O=C(C=Cc1cccs1)Nc1ccc(C(=O)O)cc1F. The lowest BCUT2D eigenvalue weighted by Crippen LogP contribution is -2.10. The Morgan fingerprint density at radius 1 is 1.30 bits per heavy atom. The van der Waals surface area contributed by atoms with Gasteiger partial charge in [0.05, 0.1) is 11.3 Å². The van der Waals surface area contributed by atoms with Gasteiger partial charge in [-0.1, -0.05) is 6.07 Å². The molecule has 1 aromatic heterocycles. The number of carboxylic acids is 1. The van der Waals surface area contributed by atoms with Crippen LogP contribution >= 0.6 is 11.3 Å². The largest absolute Gasteiger partial charge is 0.478 e. The fourth-order valence-corrected chi connectivity index (χ4v) is 2.09. The molecule has 1 amide bonds. The van der Waals surface area contributed by atoms with Crippen molar-refractivity contribution in [2.75, 3.05) is 5.32 Å². The Labute approximate surface area is 118 Å². The number of rotatable bonds is 4. The summed E-state index contributed by atoms with van der Waals surface area (Å²) in [4.78, 5) is 23.2. The molecule has 0 bridgehead atoms. The number of carboxylic acid groups (broad SMARTS) is 1. The zero-order valence-electron chi connectivity index (χ0n) is 10.2. The molecular weight excluding hydrogens is 281 g/mol.